The van der Waals surface area contributed by atoms with Crippen molar-refractivity contribution in [3.05, 3.63) is 12.0 Å². The Labute approximate surface area is 93.4 Å². The molecule has 0 amide bonds. The summed E-state index contributed by atoms with van der Waals surface area (Å²) in [5, 5.41) is 3.88. The molecule has 6 heteroatoms. The van der Waals surface area contributed by atoms with Crippen molar-refractivity contribution in [2.45, 2.75) is 19.9 Å². The van der Waals surface area contributed by atoms with Gasteiger partial charge in [0.2, 0.25) is 5.58 Å². The lowest BCUT2D eigenvalue weighted by Crippen LogP contribution is -2.33. The van der Waals surface area contributed by atoms with Crippen molar-refractivity contribution in [1.82, 2.24) is 15.1 Å². The van der Waals surface area contributed by atoms with Gasteiger partial charge in [0, 0.05) is 19.6 Å². The Balaban J connectivity index is 2.44. The van der Waals surface area contributed by atoms with E-state index >= 15 is 0 Å². The highest BCUT2D eigenvalue weighted by atomic mass is 16.5. The molecule has 0 saturated heterocycles. The smallest absolute Gasteiger partial charge is 0.227 e. The molecule has 86 valence electrons. The molecule has 2 aromatic rings. The molecule has 16 heavy (non-hydrogen) atoms. The van der Waals surface area contributed by atoms with Gasteiger partial charge in [-0.25, -0.2) is 9.97 Å². The number of anilines is 1. The van der Waals surface area contributed by atoms with Crippen LogP contribution in [0.4, 0.5) is 5.82 Å². The summed E-state index contributed by atoms with van der Waals surface area (Å²) in [4.78, 5) is 10.3. The topological polar surface area (TPSA) is 81.1 Å². The summed E-state index contributed by atoms with van der Waals surface area (Å²) < 4.78 is 5.23. The van der Waals surface area contributed by atoms with Crippen molar-refractivity contribution < 1.29 is 4.52 Å². The van der Waals surface area contributed by atoms with E-state index in [2.05, 4.69) is 15.1 Å². The van der Waals surface area contributed by atoms with E-state index in [9.17, 15) is 0 Å². The average Bonchev–Trinajstić information content (AvgIpc) is 2.59. The summed E-state index contributed by atoms with van der Waals surface area (Å²) in [6.07, 6.45) is 1.51. The number of hydrogen-bond donors (Lipinski definition) is 1. The van der Waals surface area contributed by atoms with Crippen LogP contribution in [0.15, 0.2) is 10.9 Å². The van der Waals surface area contributed by atoms with Gasteiger partial charge in [-0.3, -0.25) is 0 Å². The van der Waals surface area contributed by atoms with Gasteiger partial charge >= 0.3 is 0 Å². The fourth-order valence-electron chi connectivity index (χ4n) is 1.65. The number of likely N-dealkylation sites (N-methyl/N-ethyl adjacent to an activating group) is 1. The lowest BCUT2D eigenvalue weighted by molar-refractivity contribution is 0.449. The average molecular weight is 221 g/mol. The first-order valence-electron chi connectivity index (χ1n) is 5.13. The maximum Gasteiger partial charge on any atom is 0.227 e. The number of hydrogen-bond acceptors (Lipinski definition) is 6. The quantitative estimate of drug-likeness (QED) is 0.822. The first kappa shape index (κ1) is 10.8. The van der Waals surface area contributed by atoms with E-state index < -0.39 is 0 Å². The zero-order chi connectivity index (χ0) is 11.7. The molecule has 2 heterocycles. The number of rotatable bonds is 3. The lowest BCUT2D eigenvalue weighted by atomic mass is 10.3. The third-order valence-corrected chi connectivity index (χ3v) is 2.33. The Bertz CT molecular complexity index is 493. The molecule has 0 radical (unpaired) electrons. The van der Waals surface area contributed by atoms with Crippen LogP contribution in [-0.2, 0) is 0 Å². The van der Waals surface area contributed by atoms with Gasteiger partial charge in [0.05, 0.1) is 0 Å². The summed E-state index contributed by atoms with van der Waals surface area (Å²) in [6.45, 7) is 4.50. The van der Waals surface area contributed by atoms with Crippen molar-refractivity contribution in [3.8, 4) is 0 Å². The molecule has 1 unspecified atom stereocenters. The molecule has 2 rings (SSSR count). The summed E-state index contributed by atoms with van der Waals surface area (Å²) in [5.41, 5.74) is 7.89. The Morgan fingerprint density at radius 2 is 2.25 bits per heavy atom. The molecule has 0 fully saturated rings. The Kier molecular flexibility index (Phi) is 2.74. The third-order valence-electron chi connectivity index (χ3n) is 2.33. The van der Waals surface area contributed by atoms with Gasteiger partial charge in [-0.1, -0.05) is 5.16 Å². The number of nitrogens with two attached hydrogens (primary N) is 1. The first-order chi connectivity index (χ1) is 7.59. The highest BCUT2D eigenvalue weighted by molar-refractivity contribution is 5.84. The van der Waals surface area contributed by atoms with E-state index in [4.69, 9.17) is 10.3 Å². The van der Waals surface area contributed by atoms with Crippen LogP contribution in [0, 0.1) is 6.92 Å². The Hall–Kier alpha value is -1.69. The summed E-state index contributed by atoms with van der Waals surface area (Å²) in [6, 6.07) is 0.0685. The van der Waals surface area contributed by atoms with Crippen molar-refractivity contribution in [1.29, 1.82) is 0 Å². The highest BCUT2D eigenvalue weighted by Crippen LogP contribution is 2.23. The summed E-state index contributed by atoms with van der Waals surface area (Å²) in [7, 11) is 1.92. The Morgan fingerprint density at radius 3 is 2.94 bits per heavy atom. The van der Waals surface area contributed by atoms with E-state index in [0.717, 1.165) is 17.0 Å². The SMILES string of the molecule is Cc1noc2c(N(C)CC(C)N)ncnc12. The molecule has 0 aliphatic carbocycles. The van der Waals surface area contributed by atoms with Gasteiger partial charge in [-0.15, -0.1) is 0 Å². The first-order valence-corrected chi connectivity index (χ1v) is 5.13. The zero-order valence-electron chi connectivity index (χ0n) is 9.64. The molecule has 2 N–H and O–H groups in total. The lowest BCUT2D eigenvalue weighted by Gasteiger charge is -2.19. The molecule has 0 saturated carbocycles. The molecule has 6 nitrogen and oxygen atoms in total. The predicted molar refractivity (Wildman–Crippen MR) is 61.3 cm³/mol. The molecule has 0 aliphatic rings. The highest BCUT2D eigenvalue weighted by Gasteiger charge is 2.15. The summed E-state index contributed by atoms with van der Waals surface area (Å²) in [5.74, 6) is 0.725. The van der Waals surface area contributed by atoms with E-state index in [1.54, 1.807) is 0 Å². The largest absolute Gasteiger partial charge is 0.355 e. The van der Waals surface area contributed by atoms with E-state index in [1.165, 1.54) is 6.33 Å². The number of fused-ring (bicyclic) bond motifs is 1. The van der Waals surface area contributed by atoms with E-state index in [-0.39, 0.29) is 6.04 Å². The zero-order valence-corrected chi connectivity index (χ0v) is 9.64. The molecule has 0 spiro atoms. The Morgan fingerprint density at radius 1 is 1.50 bits per heavy atom. The van der Waals surface area contributed by atoms with Gasteiger partial charge in [0.15, 0.2) is 5.82 Å². The van der Waals surface area contributed by atoms with Crippen LogP contribution in [0.1, 0.15) is 12.6 Å². The fraction of sp³-hybridized carbons (Fsp3) is 0.500. The molecular weight excluding hydrogens is 206 g/mol. The van der Waals surface area contributed by atoms with Crippen molar-refractivity contribution in [2.24, 2.45) is 5.73 Å². The normalized spacial score (nSPS) is 13.0. The molecular formula is C10H15N5O. The maximum atomic E-state index is 5.75. The van der Waals surface area contributed by atoms with Gasteiger partial charge in [-0.05, 0) is 13.8 Å². The van der Waals surface area contributed by atoms with Crippen LogP contribution in [0.2, 0.25) is 0 Å². The molecule has 1 atom stereocenters. The number of aryl methyl sites for hydroxylation is 1. The van der Waals surface area contributed by atoms with Gasteiger partial charge in [-0.2, -0.15) is 0 Å². The molecule has 0 aromatic carbocycles. The number of nitrogens with zero attached hydrogens (tertiary/aromatic N) is 4. The standard InChI is InChI=1S/C10H15N5O/c1-6(11)4-15(3)10-9-8(12-5-13-10)7(2)14-16-9/h5-6H,4,11H2,1-3H3. The molecule has 0 aliphatic heterocycles. The van der Waals surface area contributed by atoms with Crippen LogP contribution in [0.3, 0.4) is 0 Å². The fourth-order valence-corrected chi connectivity index (χ4v) is 1.65. The van der Waals surface area contributed by atoms with Crippen molar-refractivity contribution in [3.63, 3.8) is 0 Å². The minimum Gasteiger partial charge on any atom is -0.355 e. The van der Waals surface area contributed by atoms with Gasteiger partial charge in [0.1, 0.15) is 17.5 Å². The van der Waals surface area contributed by atoms with E-state index in [0.29, 0.717) is 12.1 Å². The number of aromatic nitrogens is 3. The second-order valence-corrected chi connectivity index (χ2v) is 4.00. The minimum absolute atomic E-state index is 0.0685. The van der Waals surface area contributed by atoms with Crippen LogP contribution in [-0.4, -0.2) is 34.8 Å². The monoisotopic (exact) mass is 221 g/mol. The van der Waals surface area contributed by atoms with Crippen LogP contribution < -0.4 is 10.6 Å². The van der Waals surface area contributed by atoms with Crippen LogP contribution in [0.25, 0.3) is 11.1 Å². The van der Waals surface area contributed by atoms with Crippen molar-refractivity contribution in [2.75, 3.05) is 18.5 Å². The van der Waals surface area contributed by atoms with Gasteiger partial charge < -0.3 is 15.2 Å². The minimum atomic E-state index is 0.0685. The molecule has 2 aromatic heterocycles. The van der Waals surface area contributed by atoms with Crippen LogP contribution in [0.5, 0.6) is 0 Å². The van der Waals surface area contributed by atoms with Gasteiger partial charge in [0.25, 0.3) is 0 Å². The summed E-state index contributed by atoms with van der Waals surface area (Å²) >= 11 is 0. The van der Waals surface area contributed by atoms with E-state index in [1.807, 2.05) is 25.8 Å². The molecule has 0 bridgehead atoms. The maximum absolute atomic E-state index is 5.75. The second kappa shape index (κ2) is 4.05. The second-order valence-electron chi connectivity index (χ2n) is 4.00. The van der Waals surface area contributed by atoms with Crippen LogP contribution >= 0.6 is 0 Å². The van der Waals surface area contributed by atoms with Crippen molar-refractivity contribution >= 4 is 16.9 Å². The third kappa shape index (κ3) is 1.83. The predicted octanol–water partition coefficient (Wildman–Crippen LogP) is 0.710.